The number of carbonyl (C=O) groups is 1. The van der Waals surface area contributed by atoms with Crippen molar-refractivity contribution in [2.24, 2.45) is 5.41 Å². The smallest absolute Gasteiger partial charge is 0.244 e. The van der Waals surface area contributed by atoms with Gasteiger partial charge in [0.1, 0.15) is 0 Å². The second-order valence-corrected chi connectivity index (χ2v) is 8.00. The molecule has 1 amide bonds. The van der Waals surface area contributed by atoms with E-state index in [2.05, 4.69) is 45.2 Å². The summed E-state index contributed by atoms with van der Waals surface area (Å²) in [5.74, 6) is -0.285. The summed E-state index contributed by atoms with van der Waals surface area (Å²) in [7, 11) is 0. The summed E-state index contributed by atoms with van der Waals surface area (Å²) < 4.78 is 0. The van der Waals surface area contributed by atoms with Gasteiger partial charge in [0.2, 0.25) is 5.91 Å². The molecule has 1 aliphatic rings. The Hall–Kier alpha value is -1.91. The van der Waals surface area contributed by atoms with Crippen LogP contribution in [0.15, 0.2) is 58.7 Å². The Balaban J connectivity index is 2.65. The lowest BCUT2D eigenvalue weighted by atomic mass is 9.72. The van der Waals surface area contributed by atoms with Crippen LogP contribution < -0.4 is 5.32 Å². The van der Waals surface area contributed by atoms with Crippen LogP contribution in [-0.4, -0.2) is 35.4 Å². The molecule has 1 aliphatic carbocycles. The Morgan fingerprint density at radius 2 is 1.96 bits per heavy atom. The molecule has 0 aromatic heterocycles. The van der Waals surface area contributed by atoms with Crippen LogP contribution in [0.5, 0.6) is 0 Å². The first-order chi connectivity index (χ1) is 12.7. The average Bonchev–Trinajstić information content (AvgIpc) is 2.58. The van der Waals surface area contributed by atoms with E-state index in [0.717, 1.165) is 11.1 Å². The van der Waals surface area contributed by atoms with E-state index in [0.29, 0.717) is 0 Å². The van der Waals surface area contributed by atoms with E-state index in [1.54, 1.807) is 0 Å². The van der Waals surface area contributed by atoms with Gasteiger partial charge in [-0.1, -0.05) is 55.4 Å². The van der Waals surface area contributed by atoms with Gasteiger partial charge >= 0.3 is 0 Å². The molecule has 0 aromatic rings. The van der Waals surface area contributed by atoms with Crippen molar-refractivity contribution in [1.29, 1.82) is 0 Å². The van der Waals surface area contributed by atoms with Gasteiger partial charge in [0.15, 0.2) is 0 Å². The van der Waals surface area contributed by atoms with Crippen molar-refractivity contribution < 1.29 is 15.0 Å². The molecule has 0 bridgehead atoms. The first kappa shape index (κ1) is 23.1. The zero-order valence-corrected chi connectivity index (χ0v) is 17.4. The van der Waals surface area contributed by atoms with E-state index >= 15 is 0 Å². The van der Waals surface area contributed by atoms with E-state index in [9.17, 15) is 9.90 Å². The maximum atomic E-state index is 11.7. The van der Waals surface area contributed by atoms with Crippen molar-refractivity contribution in [2.45, 2.75) is 60.0 Å². The molecule has 0 heterocycles. The zero-order chi connectivity index (χ0) is 20.4. The van der Waals surface area contributed by atoms with Crippen LogP contribution in [0.3, 0.4) is 0 Å². The van der Waals surface area contributed by atoms with Gasteiger partial charge in [-0.3, -0.25) is 4.79 Å². The first-order valence-corrected chi connectivity index (χ1v) is 9.64. The summed E-state index contributed by atoms with van der Waals surface area (Å²) in [5, 5.41) is 20.5. The maximum absolute atomic E-state index is 11.7. The van der Waals surface area contributed by atoms with Crippen molar-refractivity contribution in [3.8, 4) is 0 Å². The summed E-state index contributed by atoms with van der Waals surface area (Å²) in [6.45, 7) is 10.4. The molecule has 1 unspecified atom stereocenters. The van der Waals surface area contributed by atoms with Crippen LogP contribution in [0.2, 0.25) is 0 Å². The van der Waals surface area contributed by atoms with Gasteiger partial charge in [-0.15, -0.1) is 0 Å². The zero-order valence-electron chi connectivity index (χ0n) is 17.4. The van der Waals surface area contributed by atoms with E-state index in [4.69, 9.17) is 5.11 Å². The first-order valence-electron chi connectivity index (χ1n) is 9.64. The molecule has 0 saturated heterocycles. The molecule has 0 saturated carbocycles. The topological polar surface area (TPSA) is 69.6 Å². The minimum absolute atomic E-state index is 0.0399. The minimum Gasteiger partial charge on any atom is -0.394 e. The Bertz CT molecular complexity index is 663. The third-order valence-corrected chi connectivity index (χ3v) is 4.86. The van der Waals surface area contributed by atoms with E-state index in [1.165, 1.54) is 36.5 Å². The average molecular weight is 374 g/mol. The van der Waals surface area contributed by atoms with Crippen LogP contribution >= 0.6 is 0 Å². The molecule has 0 aliphatic heterocycles. The molecule has 4 nitrogen and oxygen atoms in total. The third kappa shape index (κ3) is 8.55. The summed E-state index contributed by atoms with van der Waals surface area (Å²) in [5.41, 5.74) is 5.14. The van der Waals surface area contributed by atoms with Crippen molar-refractivity contribution in [2.75, 3.05) is 13.2 Å². The molecule has 0 aromatic carbocycles. The Morgan fingerprint density at radius 3 is 2.59 bits per heavy atom. The number of rotatable bonds is 8. The van der Waals surface area contributed by atoms with Crippen LogP contribution in [0.25, 0.3) is 0 Å². The lowest BCUT2D eigenvalue weighted by Gasteiger charge is -2.32. The molecular weight excluding hydrogens is 338 g/mol. The minimum atomic E-state index is -0.927. The van der Waals surface area contributed by atoms with Crippen molar-refractivity contribution >= 4 is 5.91 Å². The molecule has 1 atom stereocenters. The molecule has 4 heteroatoms. The second-order valence-electron chi connectivity index (χ2n) is 8.00. The number of amides is 1. The predicted molar refractivity (Wildman–Crippen MR) is 112 cm³/mol. The van der Waals surface area contributed by atoms with Crippen molar-refractivity contribution in [3.05, 3.63) is 58.7 Å². The third-order valence-electron chi connectivity index (χ3n) is 4.86. The van der Waals surface area contributed by atoms with Crippen LogP contribution in [0.4, 0.5) is 0 Å². The van der Waals surface area contributed by atoms with E-state index in [1.807, 2.05) is 25.2 Å². The van der Waals surface area contributed by atoms with Crippen LogP contribution in [0.1, 0.15) is 53.9 Å². The molecule has 3 N–H and O–H groups in total. The molecule has 0 spiro atoms. The second kappa shape index (κ2) is 11.1. The summed E-state index contributed by atoms with van der Waals surface area (Å²) in [6.07, 6.45) is 14.4. The van der Waals surface area contributed by atoms with E-state index < -0.39 is 6.10 Å². The summed E-state index contributed by atoms with van der Waals surface area (Å²) >= 11 is 0. The van der Waals surface area contributed by atoms with Crippen molar-refractivity contribution in [3.63, 3.8) is 0 Å². The lowest BCUT2D eigenvalue weighted by molar-refractivity contribution is -0.117. The molecule has 1 rings (SSSR count). The Kier molecular flexibility index (Phi) is 9.47. The highest BCUT2D eigenvalue weighted by Crippen LogP contribution is 2.40. The highest BCUT2D eigenvalue weighted by atomic mass is 16.3. The fourth-order valence-corrected chi connectivity index (χ4v) is 3.22. The standard InChI is InChI=1S/C23H35NO3/c1-17(11-12-21-19(3)10-7-13-23(21,4)5)8-6-9-18(2)14-22(27)24-15-20(26)16-25/h6,8-9,11-12,14,20,25-26H,7,10,13,15-16H2,1-5H3,(H,24,27)/b9-6?,12-11?,17-8?,18-14-. The number of aliphatic hydroxyl groups excluding tert-OH is 2. The number of hydrogen-bond acceptors (Lipinski definition) is 3. The van der Waals surface area contributed by atoms with Crippen LogP contribution in [-0.2, 0) is 4.79 Å². The van der Waals surface area contributed by atoms with Gasteiger partial charge in [-0.05, 0) is 56.6 Å². The predicted octanol–water partition coefficient (Wildman–Crippen LogP) is 3.99. The van der Waals surface area contributed by atoms with Crippen LogP contribution in [0, 0.1) is 5.41 Å². The van der Waals surface area contributed by atoms with Gasteiger partial charge in [0.05, 0.1) is 12.7 Å². The van der Waals surface area contributed by atoms with Gasteiger partial charge in [0.25, 0.3) is 0 Å². The molecule has 0 fully saturated rings. The number of allylic oxidation sites excluding steroid dienone is 9. The van der Waals surface area contributed by atoms with E-state index in [-0.39, 0.29) is 24.5 Å². The molecule has 0 radical (unpaired) electrons. The fourth-order valence-electron chi connectivity index (χ4n) is 3.22. The molecular formula is C23H35NO3. The van der Waals surface area contributed by atoms with Gasteiger partial charge in [-0.25, -0.2) is 0 Å². The normalized spacial score (nSPS) is 19.8. The Morgan fingerprint density at radius 1 is 1.26 bits per heavy atom. The largest absolute Gasteiger partial charge is 0.394 e. The van der Waals surface area contributed by atoms with Gasteiger partial charge < -0.3 is 15.5 Å². The quantitative estimate of drug-likeness (QED) is 0.445. The molecule has 27 heavy (non-hydrogen) atoms. The highest BCUT2D eigenvalue weighted by Gasteiger charge is 2.26. The lowest BCUT2D eigenvalue weighted by Crippen LogP contribution is -2.32. The number of hydrogen-bond donors (Lipinski definition) is 3. The summed E-state index contributed by atoms with van der Waals surface area (Å²) in [6, 6.07) is 0. The monoisotopic (exact) mass is 373 g/mol. The number of carbonyl (C=O) groups excluding carboxylic acids is 1. The molecule has 150 valence electrons. The fraction of sp³-hybridized carbons (Fsp3) is 0.522. The van der Waals surface area contributed by atoms with Gasteiger partial charge in [0, 0.05) is 12.6 Å². The maximum Gasteiger partial charge on any atom is 0.244 e. The Labute approximate surface area is 164 Å². The summed E-state index contributed by atoms with van der Waals surface area (Å²) in [4.78, 5) is 11.7. The van der Waals surface area contributed by atoms with Crippen molar-refractivity contribution in [1.82, 2.24) is 5.32 Å². The number of nitrogens with one attached hydrogen (secondary N) is 1. The SMILES string of the molecule is CC(C=CC1=C(C)CCCC1(C)C)=CC=C/C(C)=C\C(=O)NCC(O)CO. The highest BCUT2D eigenvalue weighted by molar-refractivity contribution is 5.88. The van der Waals surface area contributed by atoms with Gasteiger partial charge in [-0.2, -0.15) is 0 Å². The number of aliphatic hydroxyl groups is 2.